The van der Waals surface area contributed by atoms with Gasteiger partial charge in [-0.05, 0) is 26.3 Å². The van der Waals surface area contributed by atoms with Gasteiger partial charge in [0.25, 0.3) is 0 Å². The second kappa shape index (κ2) is 4.29. The molecule has 0 saturated carbocycles. The Balaban J connectivity index is 4.50. The van der Waals surface area contributed by atoms with Crippen LogP contribution in [-0.4, -0.2) is 6.21 Å². The maximum atomic E-state index is 5.63. The Morgan fingerprint density at radius 1 is 1.50 bits per heavy atom. The lowest BCUT2D eigenvalue weighted by atomic mass is 10.2. The molecule has 0 aromatic rings. The molecule has 0 atom stereocenters. The first kappa shape index (κ1) is 9.44. The third-order valence-electron chi connectivity index (χ3n) is 1.27. The van der Waals surface area contributed by atoms with Crippen LogP contribution in [0.4, 0.5) is 0 Å². The van der Waals surface area contributed by atoms with Crippen LogP contribution >= 0.6 is 11.6 Å². The number of halogens is 1. The summed E-state index contributed by atoms with van der Waals surface area (Å²) in [6.45, 7) is 9.27. The molecule has 1 nitrogen and oxygen atoms in total. The molecule has 0 spiro atoms. The normalized spacial score (nSPS) is 13.6. The molecule has 0 heterocycles. The molecule has 0 N–H and O–H groups in total. The second-order valence-corrected chi connectivity index (χ2v) is 2.46. The lowest BCUT2D eigenvalue weighted by Crippen LogP contribution is -1.79. The fourth-order valence-corrected chi connectivity index (χ4v) is 0.624. The van der Waals surface area contributed by atoms with E-state index in [4.69, 9.17) is 11.6 Å². The van der Waals surface area contributed by atoms with E-state index in [-0.39, 0.29) is 0 Å². The first-order chi connectivity index (χ1) is 4.59. The largest absolute Gasteiger partial charge is 0.266 e. The van der Waals surface area contributed by atoms with Gasteiger partial charge in [-0.25, -0.2) is 0 Å². The maximum Gasteiger partial charge on any atom is 0.0412 e. The van der Waals surface area contributed by atoms with Crippen molar-refractivity contribution in [3.8, 4) is 0 Å². The smallest absolute Gasteiger partial charge is 0.0412 e. The maximum absolute atomic E-state index is 5.63. The average Bonchev–Trinajstić information content (AvgIpc) is 1.87. The summed E-state index contributed by atoms with van der Waals surface area (Å²) in [6.07, 6.45) is 1.73. The second-order valence-electron chi connectivity index (χ2n) is 2.00. The topological polar surface area (TPSA) is 12.4 Å². The van der Waals surface area contributed by atoms with Gasteiger partial charge in [-0.15, -0.1) is 0 Å². The van der Waals surface area contributed by atoms with Gasteiger partial charge in [0.05, 0.1) is 0 Å². The highest BCUT2D eigenvalue weighted by atomic mass is 35.5. The molecule has 0 rings (SSSR count). The standard InChI is InChI=1S/C8H12ClN/c1-5-10-8(4)6(2)7(3)9/h5H,3H2,1-2,4H3/b8-6-,10-5?. The van der Waals surface area contributed by atoms with Gasteiger partial charge in [-0.2, -0.15) is 0 Å². The minimum absolute atomic E-state index is 0.558. The summed E-state index contributed by atoms with van der Waals surface area (Å²) in [5.41, 5.74) is 1.86. The minimum atomic E-state index is 0.558. The molecule has 0 radical (unpaired) electrons. The average molecular weight is 158 g/mol. The Hall–Kier alpha value is -0.560. The van der Waals surface area contributed by atoms with Crippen molar-refractivity contribution < 1.29 is 0 Å². The van der Waals surface area contributed by atoms with Crippen LogP contribution in [0.25, 0.3) is 0 Å². The number of allylic oxidation sites excluding steroid dienone is 3. The highest BCUT2D eigenvalue weighted by Crippen LogP contribution is 2.15. The van der Waals surface area contributed by atoms with Crippen molar-refractivity contribution in [1.82, 2.24) is 0 Å². The molecule has 56 valence electrons. The van der Waals surface area contributed by atoms with E-state index >= 15 is 0 Å². The first-order valence-electron chi connectivity index (χ1n) is 3.10. The van der Waals surface area contributed by atoms with Crippen LogP contribution < -0.4 is 0 Å². The number of rotatable bonds is 2. The van der Waals surface area contributed by atoms with Gasteiger partial charge < -0.3 is 0 Å². The van der Waals surface area contributed by atoms with E-state index in [0.717, 1.165) is 11.3 Å². The van der Waals surface area contributed by atoms with Crippen molar-refractivity contribution in [2.45, 2.75) is 20.8 Å². The molecule has 0 saturated heterocycles. The van der Waals surface area contributed by atoms with E-state index in [2.05, 4.69) is 11.6 Å². The Labute approximate surface area is 67.1 Å². The molecule has 10 heavy (non-hydrogen) atoms. The van der Waals surface area contributed by atoms with Gasteiger partial charge in [0, 0.05) is 16.9 Å². The summed E-state index contributed by atoms with van der Waals surface area (Å²) in [5.74, 6) is 0. The lowest BCUT2D eigenvalue weighted by molar-refractivity contribution is 1.23. The minimum Gasteiger partial charge on any atom is -0.266 e. The zero-order valence-corrected chi connectivity index (χ0v) is 7.37. The molecule has 2 heteroatoms. The van der Waals surface area contributed by atoms with Crippen LogP contribution in [-0.2, 0) is 0 Å². The van der Waals surface area contributed by atoms with Gasteiger partial charge in [-0.3, -0.25) is 4.99 Å². The highest BCUT2D eigenvalue weighted by Gasteiger charge is 1.95. The van der Waals surface area contributed by atoms with Gasteiger partial charge in [0.1, 0.15) is 0 Å². The van der Waals surface area contributed by atoms with Crippen LogP contribution in [0.5, 0.6) is 0 Å². The summed E-state index contributed by atoms with van der Waals surface area (Å²) in [7, 11) is 0. The van der Waals surface area contributed by atoms with E-state index in [9.17, 15) is 0 Å². The molecular weight excluding hydrogens is 146 g/mol. The third-order valence-corrected chi connectivity index (χ3v) is 1.56. The number of nitrogens with zero attached hydrogens (tertiary/aromatic N) is 1. The third kappa shape index (κ3) is 2.83. The molecule has 0 aromatic heterocycles. The van der Waals surface area contributed by atoms with E-state index in [1.54, 1.807) is 6.21 Å². The van der Waals surface area contributed by atoms with E-state index < -0.39 is 0 Å². The van der Waals surface area contributed by atoms with Crippen molar-refractivity contribution in [3.63, 3.8) is 0 Å². The lowest BCUT2D eigenvalue weighted by Gasteiger charge is -1.98. The quantitative estimate of drug-likeness (QED) is 0.432. The highest BCUT2D eigenvalue weighted by molar-refractivity contribution is 6.31. The monoisotopic (exact) mass is 157 g/mol. The fourth-order valence-electron chi connectivity index (χ4n) is 0.487. The number of hydrogen-bond donors (Lipinski definition) is 0. The first-order valence-corrected chi connectivity index (χ1v) is 3.48. The molecule has 0 aliphatic carbocycles. The molecule has 0 bridgehead atoms. The predicted molar refractivity (Wildman–Crippen MR) is 47.5 cm³/mol. The Morgan fingerprint density at radius 2 is 2.00 bits per heavy atom. The van der Waals surface area contributed by atoms with Crippen molar-refractivity contribution >= 4 is 17.8 Å². The van der Waals surface area contributed by atoms with Crippen molar-refractivity contribution in [2.24, 2.45) is 4.99 Å². The van der Waals surface area contributed by atoms with Gasteiger partial charge in [0.15, 0.2) is 0 Å². The molecule has 0 aliphatic heterocycles. The van der Waals surface area contributed by atoms with Crippen LogP contribution in [0.2, 0.25) is 0 Å². The van der Waals surface area contributed by atoms with Crippen LogP contribution in [0.15, 0.2) is 27.9 Å². The van der Waals surface area contributed by atoms with Crippen molar-refractivity contribution in [1.29, 1.82) is 0 Å². The Bertz CT molecular complexity index is 189. The fraction of sp³-hybridized carbons (Fsp3) is 0.375. The number of hydrogen-bond acceptors (Lipinski definition) is 1. The van der Waals surface area contributed by atoms with Gasteiger partial charge in [0.2, 0.25) is 0 Å². The molecule has 0 aromatic carbocycles. The number of aliphatic imine (C=N–C) groups is 1. The van der Waals surface area contributed by atoms with Crippen LogP contribution in [0.3, 0.4) is 0 Å². The summed E-state index contributed by atoms with van der Waals surface area (Å²) in [5, 5.41) is 0.558. The summed E-state index contributed by atoms with van der Waals surface area (Å²) in [6, 6.07) is 0. The predicted octanol–water partition coefficient (Wildman–Crippen LogP) is 3.12. The Kier molecular flexibility index (Phi) is 4.05. The zero-order valence-electron chi connectivity index (χ0n) is 6.61. The SMILES string of the molecule is C=C(Cl)/C(C)=C(/C)N=CC. The van der Waals surface area contributed by atoms with Gasteiger partial charge >= 0.3 is 0 Å². The summed E-state index contributed by atoms with van der Waals surface area (Å²) in [4.78, 5) is 4.06. The summed E-state index contributed by atoms with van der Waals surface area (Å²) < 4.78 is 0. The summed E-state index contributed by atoms with van der Waals surface area (Å²) >= 11 is 5.63. The molecule has 0 unspecified atom stereocenters. The van der Waals surface area contributed by atoms with E-state index in [1.165, 1.54) is 0 Å². The van der Waals surface area contributed by atoms with Crippen molar-refractivity contribution in [2.75, 3.05) is 0 Å². The van der Waals surface area contributed by atoms with Gasteiger partial charge in [-0.1, -0.05) is 18.2 Å². The van der Waals surface area contributed by atoms with E-state index in [1.807, 2.05) is 20.8 Å². The molecule has 0 fully saturated rings. The van der Waals surface area contributed by atoms with E-state index in [0.29, 0.717) is 5.03 Å². The van der Waals surface area contributed by atoms with Crippen LogP contribution in [0.1, 0.15) is 20.8 Å². The van der Waals surface area contributed by atoms with Crippen LogP contribution in [0, 0.1) is 0 Å². The molecular formula is C8H12ClN. The zero-order chi connectivity index (χ0) is 8.15. The van der Waals surface area contributed by atoms with Crippen molar-refractivity contribution in [3.05, 3.63) is 22.9 Å². The Morgan fingerprint density at radius 3 is 2.30 bits per heavy atom. The molecule has 0 amide bonds. The molecule has 0 aliphatic rings.